The molecular formula is C17H21N5O2. The first kappa shape index (κ1) is 15.1. The smallest absolute Gasteiger partial charge is 0.318 e. The van der Waals surface area contributed by atoms with Gasteiger partial charge >= 0.3 is 6.03 Å². The number of benzene rings is 1. The number of morpholine rings is 1. The quantitative estimate of drug-likeness (QED) is 0.899. The maximum absolute atomic E-state index is 12.6. The fourth-order valence-electron chi connectivity index (χ4n) is 3.05. The third-order valence-corrected chi connectivity index (χ3v) is 4.61. The summed E-state index contributed by atoms with van der Waals surface area (Å²) in [7, 11) is 0. The van der Waals surface area contributed by atoms with E-state index in [1.807, 2.05) is 0 Å². The number of aromatic amines is 1. The van der Waals surface area contributed by atoms with Gasteiger partial charge in [0.05, 0.1) is 13.2 Å². The van der Waals surface area contributed by atoms with Crippen LogP contribution < -0.4 is 5.32 Å². The van der Waals surface area contributed by atoms with Gasteiger partial charge in [-0.1, -0.05) is 24.3 Å². The number of H-pyrrole nitrogens is 1. The van der Waals surface area contributed by atoms with Crippen molar-refractivity contribution in [2.75, 3.05) is 19.8 Å². The molecule has 1 aliphatic heterocycles. The van der Waals surface area contributed by atoms with E-state index < -0.39 is 0 Å². The van der Waals surface area contributed by atoms with Crippen LogP contribution in [-0.4, -0.2) is 45.9 Å². The highest BCUT2D eigenvalue weighted by molar-refractivity contribution is 5.74. The lowest BCUT2D eigenvalue weighted by molar-refractivity contribution is 0.00865. The average molecular weight is 327 g/mol. The van der Waals surface area contributed by atoms with Gasteiger partial charge in [0, 0.05) is 13.1 Å². The molecule has 2 N–H and O–H groups in total. The van der Waals surface area contributed by atoms with Gasteiger partial charge in [0.25, 0.3) is 0 Å². The number of nitrogens with zero attached hydrogens (tertiary/aromatic N) is 3. The van der Waals surface area contributed by atoms with Crippen LogP contribution in [-0.2, 0) is 11.3 Å². The molecule has 0 bridgehead atoms. The van der Waals surface area contributed by atoms with Crippen LogP contribution in [0.5, 0.6) is 0 Å². The van der Waals surface area contributed by atoms with E-state index in [1.165, 1.54) is 24.7 Å². The molecule has 1 saturated carbocycles. The summed E-state index contributed by atoms with van der Waals surface area (Å²) in [5.41, 5.74) is 2.51. The molecule has 24 heavy (non-hydrogen) atoms. The average Bonchev–Trinajstić information content (AvgIpc) is 3.34. The topological polar surface area (TPSA) is 83.1 Å². The van der Waals surface area contributed by atoms with E-state index in [-0.39, 0.29) is 12.1 Å². The van der Waals surface area contributed by atoms with Crippen LogP contribution in [0.15, 0.2) is 30.6 Å². The van der Waals surface area contributed by atoms with E-state index in [1.54, 1.807) is 4.90 Å². The summed E-state index contributed by atoms with van der Waals surface area (Å²) in [5.74, 6) is 1.41. The predicted octanol–water partition coefficient (Wildman–Crippen LogP) is 1.97. The van der Waals surface area contributed by atoms with Crippen LogP contribution in [0.1, 0.15) is 41.8 Å². The first-order chi connectivity index (χ1) is 11.8. The minimum atomic E-state index is -0.224. The van der Waals surface area contributed by atoms with Gasteiger partial charge in [-0.25, -0.2) is 9.78 Å². The van der Waals surface area contributed by atoms with Crippen molar-refractivity contribution >= 4 is 6.03 Å². The summed E-state index contributed by atoms with van der Waals surface area (Å²) < 4.78 is 5.48. The number of hydrogen-bond acceptors (Lipinski definition) is 4. The third kappa shape index (κ3) is 3.26. The Hall–Kier alpha value is -2.41. The van der Waals surface area contributed by atoms with Gasteiger partial charge in [-0.05, 0) is 29.9 Å². The first-order valence-corrected chi connectivity index (χ1v) is 8.37. The molecule has 0 spiro atoms. The number of amides is 2. The van der Waals surface area contributed by atoms with Crippen molar-refractivity contribution < 1.29 is 9.53 Å². The molecular weight excluding hydrogens is 306 g/mol. The van der Waals surface area contributed by atoms with E-state index in [0.717, 1.165) is 11.5 Å². The molecule has 1 aliphatic carbocycles. The maximum Gasteiger partial charge on any atom is 0.318 e. The minimum absolute atomic E-state index is 0.106. The highest BCUT2D eigenvalue weighted by atomic mass is 16.5. The molecule has 2 aliphatic rings. The number of ether oxygens (including phenoxy) is 1. The number of nitrogens with one attached hydrogen (secondary N) is 2. The number of urea groups is 1. The second-order valence-electron chi connectivity index (χ2n) is 6.33. The summed E-state index contributed by atoms with van der Waals surface area (Å²) in [6.07, 6.45) is 4.05. The minimum Gasteiger partial charge on any atom is -0.377 e. The monoisotopic (exact) mass is 327 g/mol. The summed E-state index contributed by atoms with van der Waals surface area (Å²) in [6, 6.07) is 8.21. The summed E-state index contributed by atoms with van der Waals surface area (Å²) in [6.45, 7) is 2.02. The molecule has 2 heterocycles. The molecule has 1 aromatic heterocycles. The van der Waals surface area contributed by atoms with Crippen molar-refractivity contribution in [1.29, 1.82) is 0 Å². The molecule has 0 radical (unpaired) electrons. The molecule has 2 aromatic rings. The summed E-state index contributed by atoms with van der Waals surface area (Å²) in [4.78, 5) is 18.5. The lowest BCUT2D eigenvalue weighted by Gasteiger charge is -2.34. The Labute approximate surface area is 140 Å². The Morgan fingerprint density at radius 1 is 1.33 bits per heavy atom. The number of aromatic nitrogens is 3. The van der Waals surface area contributed by atoms with E-state index in [4.69, 9.17) is 4.74 Å². The molecule has 2 amide bonds. The van der Waals surface area contributed by atoms with Crippen LogP contribution in [0, 0.1) is 0 Å². The fraction of sp³-hybridized carbons (Fsp3) is 0.471. The highest BCUT2D eigenvalue weighted by Crippen LogP contribution is 2.39. The van der Waals surface area contributed by atoms with Crippen LogP contribution in [0.4, 0.5) is 4.79 Å². The maximum atomic E-state index is 12.6. The zero-order valence-electron chi connectivity index (χ0n) is 13.4. The van der Waals surface area contributed by atoms with E-state index in [2.05, 4.69) is 44.8 Å². The number of carbonyl (C=O) groups excluding carboxylic acids is 1. The van der Waals surface area contributed by atoms with Crippen LogP contribution >= 0.6 is 0 Å². The van der Waals surface area contributed by atoms with Crippen LogP contribution in [0.3, 0.4) is 0 Å². The van der Waals surface area contributed by atoms with Crippen molar-refractivity contribution in [1.82, 2.24) is 25.4 Å². The SMILES string of the molecule is O=C(NCc1ccc(C2CC2)cc1)N1CCOC[C@@H]1c1ncn[nH]1. The van der Waals surface area contributed by atoms with E-state index >= 15 is 0 Å². The number of carbonyl (C=O) groups is 1. The zero-order valence-corrected chi connectivity index (χ0v) is 13.4. The second-order valence-corrected chi connectivity index (χ2v) is 6.33. The third-order valence-electron chi connectivity index (χ3n) is 4.61. The molecule has 126 valence electrons. The Bertz CT molecular complexity index is 682. The van der Waals surface area contributed by atoms with Gasteiger partial charge in [-0.3, -0.25) is 5.10 Å². The van der Waals surface area contributed by atoms with Crippen molar-refractivity contribution in [3.63, 3.8) is 0 Å². The van der Waals surface area contributed by atoms with Gasteiger partial charge in [-0.15, -0.1) is 0 Å². The fourth-order valence-corrected chi connectivity index (χ4v) is 3.05. The van der Waals surface area contributed by atoms with Crippen molar-refractivity contribution in [3.05, 3.63) is 47.5 Å². The predicted molar refractivity (Wildman–Crippen MR) is 87.3 cm³/mol. The van der Waals surface area contributed by atoms with E-state index in [0.29, 0.717) is 32.1 Å². The van der Waals surface area contributed by atoms with E-state index in [9.17, 15) is 4.79 Å². The molecule has 7 heteroatoms. The lowest BCUT2D eigenvalue weighted by Crippen LogP contribution is -2.48. The van der Waals surface area contributed by atoms with Gasteiger partial charge in [-0.2, -0.15) is 5.10 Å². The van der Waals surface area contributed by atoms with Crippen LogP contribution in [0.25, 0.3) is 0 Å². The van der Waals surface area contributed by atoms with Gasteiger partial charge < -0.3 is 15.0 Å². The standard InChI is InChI=1S/C17H21N5O2/c23-17(18-9-12-1-3-13(4-2-12)14-5-6-14)22-7-8-24-10-15(22)16-19-11-20-21-16/h1-4,11,14-15H,5-10H2,(H,18,23)(H,19,20,21)/t15-/m1/s1. The second kappa shape index (κ2) is 6.60. The summed E-state index contributed by atoms with van der Waals surface area (Å²) in [5, 5.41) is 9.68. The molecule has 7 nitrogen and oxygen atoms in total. The van der Waals surface area contributed by atoms with Crippen LogP contribution in [0.2, 0.25) is 0 Å². The first-order valence-electron chi connectivity index (χ1n) is 8.37. The van der Waals surface area contributed by atoms with Crippen molar-refractivity contribution in [2.45, 2.75) is 31.3 Å². The largest absolute Gasteiger partial charge is 0.377 e. The van der Waals surface area contributed by atoms with Crippen molar-refractivity contribution in [3.8, 4) is 0 Å². The van der Waals surface area contributed by atoms with Gasteiger partial charge in [0.1, 0.15) is 18.2 Å². The van der Waals surface area contributed by atoms with Gasteiger partial charge in [0.15, 0.2) is 0 Å². The Morgan fingerprint density at radius 2 is 2.17 bits per heavy atom. The number of rotatable bonds is 4. The zero-order chi connectivity index (χ0) is 16.4. The molecule has 0 unspecified atom stereocenters. The van der Waals surface area contributed by atoms with Crippen molar-refractivity contribution in [2.24, 2.45) is 0 Å². The molecule has 1 aromatic carbocycles. The lowest BCUT2D eigenvalue weighted by atomic mass is 10.1. The normalized spacial score (nSPS) is 20.8. The molecule has 2 fully saturated rings. The Balaban J connectivity index is 1.37. The number of hydrogen-bond donors (Lipinski definition) is 2. The van der Waals surface area contributed by atoms with Gasteiger partial charge in [0.2, 0.25) is 0 Å². The summed E-state index contributed by atoms with van der Waals surface area (Å²) >= 11 is 0. The Kier molecular flexibility index (Phi) is 4.17. The molecule has 4 rings (SSSR count). The Morgan fingerprint density at radius 3 is 2.88 bits per heavy atom. The highest BCUT2D eigenvalue weighted by Gasteiger charge is 2.30. The molecule has 1 atom stereocenters. The molecule has 1 saturated heterocycles.